The van der Waals surface area contributed by atoms with Crippen LogP contribution in [0, 0.1) is 10.5 Å². The second-order valence-corrected chi connectivity index (χ2v) is 5.81. The third-order valence-corrected chi connectivity index (χ3v) is 4.47. The summed E-state index contributed by atoms with van der Waals surface area (Å²) in [6, 6.07) is 3.08. The lowest BCUT2D eigenvalue weighted by Gasteiger charge is -2.06. The molecule has 0 atom stereocenters. The molecule has 0 aliphatic rings. The van der Waals surface area contributed by atoms with Crippen molar-refractivity contribution in [1.82, 2.24) is 4.98 Å². The van der Waals surface area contributed by atoms with E-state index in [0.717, 1.165) is 0 Å². The molecule has 19 heavy (non-hydrogen) atoms. The zero-order chi connectivity index (χ0) is 13.6. The number of hydrogen-bond donors (Lipinski definition) is 1. The second-order valence-electron chi connectivity index (χ2n) is 4.01. The highest BCUT2D eigenvalue weighted by Gasteiger charge is 2.17. The van der Waals surface area contributed by atoms with Gasteiger partial charge in [0.1, 0.15) is 11.5 Å². The van der Waals surface area contributed by atoms with Gasteiger partial charge in [-0.2, -0.15) is 0 Å². The summed E-state index contributed by atoms with van der Waals surface area (Å²) in [5, 5.41) is 11.9. The minimum atomic E-state index is -0.123. The van der Waals surface area contributed by atoms with Crippen molar-refractivity contribution in [3.8, 4) is 17.0 Å². The van der Waals surface area contributed by atoms with Crippen molar-refractivity contribution in [1.29, 1.82) is 0 Å². The maximum absolute atomic E-state index is 12.5. The van der Waals surface area contributed by atoms with Crippen molar-refractivity contribution < 1.29 is 9.52 Å². The monoisotopic (exact) mass is 385 g/mol. The second kappa shape index (κ2) is 4.61. The fraction of sp³-hybridized carbons (Fsp3) is 0.0769. The minimum Gasteiger partial charge on any atom is -0.507 e. The van der Waals surface area contributed by atoms with E-state index in [9.17, 15) is 9.90 Å². The molecule has 0 amide bonds. The quantitative estimate of drug-likeness (QED) is 0.651. The molecule has 3 rings (SSSR count). The molecule has 0 fully saturated rings. The molecule has 0 spiro atoms. The van der Waals surface area contributed by atoms with Crippen molar-refractivity contribution in [2.45, 2.75) is 6.92 Å². The summed E-state index contributed by atoms with van der Waals surface area (Å²) in [5.41, 5.74) is 3.08. The van der Waals surface area contributed by atoms with Gasteiger partial charge in [-0.3, -0.25) is 4.79 Å². The zero-order valence-corrected chi connectivity index (χ0v) is 12.8. The van der Waals surface area contributed by atoms with Crippen molar-refractivity contribution in [2.24, 2.45) is 0 Å². The molecule has 0 radical (unpaired) electrons. The summed E-state index contributed by atoms with van der Waals surface area (Å²) in [5.74, 6) is 0.615. The van der Waals surface area contributed by atoms with Crippen LogP contribution in [0.25, 0.3) is 22.2 Å². The topological polar surface area (TPSA) is 63.3 Å². The van der Waals surface area contributed by atoms with Crippen LogP contribution in [0.4, 0.5) is 0 Å². The first-order valence-electron chi connectivity index (χ1n) is 5.43. The molecule has 0 aliphatic heterocycles. The number of nitrogens with zero attached hydrogens (tertiary/aromatic N) is 1. The highest BCUT2D eigenvalue weighted by molar-refractivity contribution is 14.1. The molecule has 2 heterocycles. The van der Waals surface area contributed by atoms with Crippen LogP contribution < -0.4 is 5.43 Å². The van der Waals surface area contributed by atoms with E-state index >= 15 is 0 Å². The van der Waals surface area contributed by atoms with Crippen LogP contribution in [0.15, 0.2) is 32.2 Å². The number of rotatable bonds is 1. The molecule has 0 saturated carbocycles. The van der Waals surface area contributed by atoms with Crippen LogP contribution >= 0.6 is 33.9 Å². The predicted octanol–water partition coefficient (Wildman–Crippen LogP) is 3.54. The van der Waals surface area contributed by atoms with E-state index in [0.29, 0.717) is 31.6 Å². The predicted molar refractivity (Wildman–Crippen MR) is 82.7 cm³/mol. The summed E-state index contributed by atoms with van der Waals surface area (Å²) in [4.78, 5) is 16.7. The largest absolute Gasteiger partial charge is 0.507 e. The van der Waals surface area contributed by atoms with Gasteiger partial charge in [-0.1, -0.05) is 0 Å². The Morgan fingerprint density at radius 2 is 2.21 bits per heavy atom. The number of halogens is 1. The molecule has 4 nitrogen and oxygen atoms in total. The first kappa shape index (κ1) is 12.6. The van der Waals surface area contributed by atoms with Gasteiger partial charge in [0.05, 0.1) is 25.7 Å². The van der Waals surface area contributed by atoms with E-state index in [1.807, 2.05) is 28.0 Å². The van der Waals surface area contributed by atoms with Gasteiger partial charge in [0, 0.05) is 5.38 Å². The lowest BCUT2D eigenvalue weighted by molar-refractivity contribution is 0.469. The number of thiazole rings is 1. The zero-order valence-electron chi connectivity index (χ0n) is 9.81. The van der Waals surface area contributed by atoms with Gasteiger partial charge in [-0.05, 0) is 41.6 Å². The van der Waals surface area contributed by atoms with Crippen molar-refractivity contribution >= 4 is 44.9 Å². The lowest BCUT2D eigenvalue weighted by Crippen LogP contribution is -2.08. The molecular formula is C13H8INO3S. The van der Waals surface area contributed by atoms with Crippen LogP contribution in [-0.2, 0) is 0 Å². The Labute approximate surface area is 125 Å². The Hall–Kier alpha value is -1.41. The first-order chi connectivity index (χ1) is 9.09. The summed E-state index contributed by atoms with van der Waals surface area (Å²) in [6.07, 6.45) is 0. The molecule has 0 unspecified atom stereocenters. The average Bonchev–Trinajstić information content (AvgIpc) is 2.88. The molecule has 1 N–H and O–H groups in total. The van der Waals surface area contributed by atoms with Crippen LogP contribution in [0.2, 0.25) is 0 Å². The first-order valence-corrected chi connectivity index (χ1v) is 7.45. The number of phenols is 1. The maximum atomic E-state index is 12.5. The van der Waals surface area contributed by atoms with Gasteiger partial charge in [0.15, 0.2) is 5.58 Å². The number of benzene rings is 1. The highest BCUT2D eigenvalue weighted by atomic mass is 127. The fourth-order valence-corrected chi connectivity index (χ4v) is 3.08. The average molecular weight is 385 g/mol. The van der Waals surface area contributed by atoms with E-state index in [2.05, 4.69) is 4.98 Å². The van der Waals surface area contributed by atoms with Crippen molar-refractivity contribution in [3.05, 3.63) is 42.6 Å². The Bertz CT molecular complexity index is 824. The molecule has 3 aromatic rings. The number of phenolic OH excluding ortho intramolecular Hbond substituents is 1. The third-order valence-electron chi connectivity index (χ3n) is 2.84. The van der Waals surface area contributed by atoms with E-state index in [1.54, 1.807) is 18.5 Å². The van der Waals surface area contributed by atoms with Crippen molar-refractivity contribution in [3.63, 3.8) is 0 Å². The van der Waals surface area contributed by atoms with Crippen LogP contribution in [0.3, 0.4) is 0 Å². The minimum absolute atomic E-state index is 0.108. The van der Waals surface area contributed by atoms with Gasteiger partial charge in [0.25, 0.3) is 0 Å². The Balaban J connectivity index is 2.46. The van der Waals surface area contributed by atoms with Gasteiger partial charge < -0.3 is 9.52 Å². The standard InChI is InChI=1S/C13H8INO3S/c1-6-10(8-4-19-5-15-8)12(17)7-2-3-9(16)11(14)13(7)18-6/h2-5,16H,1H3. The number of fused-ring (bicyclic) bond motifs is 1. The maximum Gasteiger partial charge on any atom is 0.202 e. The molecule has 6 heteroatoms. The Kier molecular flexibility index (Phi) is 3.06. The molecule has 2 aromatic heterocycles. The number of aromatic nitrogens is 1. The Morgan fingerprint density at radius 3 is 2.89 bits per heavy atom. The van der Waals surface area contributed by atoms with E-state index < -0.39 is 0 Å². The summed E-state index contributed by atoms with van der Waals surface area (Å²) in [6.45, 7) is 1.73. The van der Waals surface area contributed by atoms with Gasteiger partial charge >= 0.3 is 0 Å². The van der Waals surface area contributed by atoms with Crippen molar-refractivity contribution in [2.75, 3.05) is 0 Å². The summed E-state index contributed by atoms with van der Waals surface area (Å²) >= 11 is 3.39. The third kappa shape index (κ3) is 1.95. The smallest absolute Gasteiger partial charge is 0.202 e. The Morgan fingerprint density at radius 1 is 1.42 bits per heavy atom. The SMILES string of the molecule is Cc1oc2c(I)c(O)ccc2c(=O)c1-c1cscn1. The van der Waals surface area contributed by atoms with E-state index in [4.69, 9.17) is 4.42 Å². The summed E-state index contributed by atoms with van der Waals surface area (Å²) in [7, 11) is 0. The molecule has 1 aromatic carbocycles. The number of aromatic hydroxyl groups is 1. The normalized spacial score (nSPS) is 11.1. The molecule has 0 bridgehead atoms. The highest BCUT2D eigenvalue weighted by Crippen LogP contribution is 2.30. The summed E-state index contributed by atoms with van der Waals surface area (Å²) < 4.78 is 6.25. The number of aryl methyl sites for hydroxylation is 1. The number of hydrogen-bond acceptors (Lipinski definition) is 5. The fourth-order valence-electron chi connectivity index (χ4n) is 1.96. The molecular weight excluding hydrogens is 377 g/mol. The van der Waals surface area contributed by atoms with Crippen LogP contribution in [0.1, 0.15) is 5.76 Å². The molecule has 0 aliphatic carbocycles. The van der Waals surface area contributed by atoms with E-state index in [-0.39, 0.29) is 11.2 Å². The molecule has 96 valence electrons. The van der Waals surface area contributed by atoms with Crippen LogP contribution in [-0.4, -0.2) is 10.1 Å². The molecule has 0 saturated heterocycles. The van der Waals surface area contributed by atoms with Crippen LogP contribution in [0.5, 0.6) is 5.75 Å². The van der Waals surface area contributed by atoms with Gasteiger partial charge in [0.2, 0.25) is 5.43 Å². The lowest BCUT2D eigenvalue weighted by atomic mass is 10.1. The van der Waals surface area contributed by atoms with E-state index in [1.165, 1.54) is 17.4 Å². The van der Waals surface area contributed by atoms with Gasteiger partial charge in [-0.25, -0.2) is 4.98 Å². The van der Waals surface area contributed by atoms with Gasteiger partial charge in [-0.15, -0.1) is 11.3 Å².